The van der Waals surface area contributed by atoms with Gasteiger partial charge in [0.1, 0.15) is 10.7 Å². The Balaban J connectivity index is 1.64. The minimum atomic E-state index is -0.168. The van der Waals surface area contributed by atoms with Gasteiger partial charge in [0.2, 0.25) is 0 Å². The second kappa shape index (κ2) is 12.2. The Kier molecular flexibility index (Phi) is 9.01. The summed E-state index contributed by atoms with van der Waals surface area (Å²) < 4.78 is 7.08. The Morgan fingerprint density at radius 3 is 2.75 bits per heavy atom. The molecule has 0 aliphatic carbocycles. The third kappa shape index (κ3) is 6.51. The zero-order chi connectivity index (χ0) is 22.8. The smallest absolute Gasteiger partial charge is 0.270 e. The predicted molar refractivity (Wildman–Crippen MR) is 126 cm³/mol. The number of thiazole rings is 1. The van der Waals surface area contributed by atoms with Crippen LogP contribution in [-0.2, 0) is 17.8 Å². The maximum absolute atomic E-state index is 13.0. The van der Waals surface area contributed by atoms with Gasteiger partial charge in [-0.3, -0.25) is 9.59 Å². The lowest BCUT2D eigenvalue weighted by atomic mass is 10.2. The Labute approximate surface area is 193 Å². The standard InChI is InChI=1S/C24H30N4O3S/c1-3-13-28(24(30)19-9-5-4-6-10-19)16-20-11-7-14-27(20)17-22-26-21(18-32-22)23(29)25-12-8-15-31-2/h4-7,9-11,14,18H,3,8,12-13,15-17H2,1-2H3,(H,25,29). The second-order valence-corrected chi connectivity index (χ2v) is 8.39. The van der Waals surface area contributed by atoms with Gasteiger partial charge in [-0.25, -0.2) is 4.98 Å². The molecule has 2 heterocycles. The highest BCUT2D eigenvalue weighted by atomic mass is 32.1. The summed E-state index contributed by atoms with van der Waals surface area (Å²) in [5, 5.41) is 5.49. The molecule has 0 aliphatic rings. The summed E-state index contributed by atoms with van der Waals surface area (Å²) in [5.41, 5.74) is 2.16. The van der Waals surface area contributed by atoms with Crippen molar-refractivity contribution in [3.8, 4) is 0 Å². The van der Waals surface area contributed by atoms with E-state index in [4.69, 9.17) is 4.74 Å². The number of amides is 2. The van der Waals surface area contributed by atoms with Crippen LogP contribution >= 0.6 is 11.3 Å². The molecule has 0 aliphatic heterocycles. The summed E-state index contributed by atoms with van der Waals surface area (Å²) in [5.74, 6) is -0.138. The summed E-state index contributed by atoms with van der Waals surface area (Å²) in [6.07, 6.45) is 3.63. The molecule has 2 aromatic heterocycles. The van der Waals surface area contributed by atoms with Crippen molar-refractivity contribution in [3.63, 3.8) is 0 Å². The van der Waals surface area contributed by atoms with Crippen LogP contribution < -0.4 is 5.32 Å². The summed E-state index contributed by atoms with van der Waals surface area (Å²) in [6.45, 7) is 5.01. The van der Waals surface area contributed by atoms with Crippen LogP contribution in [0.1, 0.15) is 51.3 Å². The number of hydrogen-bond donors (Lipinski definition) is 1. The molecule has 0 saturated carbocycles. The summed E-state index contributed by atoms with van der Waals surface area (Å²) in [6, 6.07) is 13.4. The highest BCUT2D eigenvalue weighted by Gasteiger charge is 2.17. The number of nitrogens with zero attached hydrogens (tertiary/aromatic N) is 3. The molecule has 0 unspecified atom stereocenters. The van der Waals surface area contributed by atoms with Gasteiger partial charge in [-0.1, -0.05) is 25.1 Å². The summed E-state index contributed by atoms with van der Waals surface area (Å²) in [4.78, 5) is 31.6. The number of carbonyl (C=O) groups excluding carboxylic acids is 2. The molecule has 8 heteroatoms. The normalized spacial score (nSPS) is 10.8. The molecule has 3 rings (SSSR count). The van der Waals surface area contributed by atoms with Gasteiger partial charge < -0.3 is 19.5 Å². The SMILES string of the molecule is CCCN(Cc1cccn1Cc1nc(C(=O)NCCCOC)cs1)C(=O)c1ccccc1. The van der Waals surface area contributed by atoms with Crippen molar-refractivity contribution >= 4 is 23.2 Å². The van der Waals surface area contributed by atoms with Crippen LogP contribution in [0.2, 0.25) is 0 Å². The molecular formula is C24H30N4O3S. The van der Waals surface area contributed by atoms with Crippen molar-refractivity contribution in [1.82, 2.24) is 19.8 Å². The number of nitrogens with one attached hydrogen (secondary N) is 1. The quantitative estimate of drug-likeness (QED) is 0.422. The fourth-order valence-electron chi connectivity index (χ4n) is 3.37. The van der Waals surface area contributed by atoms with Crippen molar-refractivity contribution in [3.05, 3.63) is 76.0 Å². The first-order chi connectivity index (χ1) is 15.6. The van der Waals surface area contributed by atoms with Gasteiger partial charge in [0.25, 0.3) is 11.8 Å². The zero-order valence-electron chi connectivity index (χ0n) is 18.6. The first-order valence-electron chi connectivity index (χ1n) is 10.8. The van der Waals surface area contributed by atoms with E-state index in [0.717, 1.165) is 23.5 Å². The lowest BCUT2D eigenvalue weighted by molar-refractivity contribution is 0.0739. The number of benzene rings is 1. The molecule has 0 bridgehead atoms. The van der Waals surface area contributed by atoms with E-state index in [2.05, 4.69) is 21.8 Å². The Hall–Kier alpha value is -2.97. The van der Waals surface area contributed by atoms with Crippen LogP contribution in [-0.4, -0.2) is 53.1 Å². The molecule has 0 radical (unpaired) electrons. The first-order valence-corrected chi connectivity index (χ1v) is 11.7. The van der Waals surface area contributed by atoms with Gasteiger partial charge in [0, 0.05) is 49.6 Å². The predicted octanol–water partition coefficient (Wildman–Crippen LogP) is 3.81. The van der Waals surface area contributed by atoms with E-state index < -0.39 is 0 Å². The molecule has 0 atom stereocenters. The lowest BCUT2D eigenvalue weighted by Crippen LogP contribution is -2.32. The van der Waals surface area contributed by atoms with E-state index in [1.165, 1.54) is 11.3 Å². The highest BCUT2D eigenvalue weighted by Crippen LogP contribution is 2.16. The van der Waals surface area contributed by atoms with Crippen LogP contribution in [0.25, 0.3) is 0 Å². The van der Waals surface area contributed by atoms with Crippen molar-refractivity contribution in [2.24, 2.45) is 0 Å². The van der Waals surface area contributed by atoms with Gasteiger partial charge in [0.15, 0.2) is 0 Å². The Morgan fingerprint density at radius 2 is 2.00 bits per heavy atom. The number of hydrogen-bond acceptors (Lipinski definition) is 5. The van der Waals surface area contributed by atoms with Crippen LogP contribution in [0.5, 0.6) is 0 Å². The molecule has 7 nitrogen and oxygen atoms in total. The third-order valence-corrected chi connectivity index (χ3v) is 5.81. The Bertz CT molecular complexity index is 1000. The minimum Gasteiger partial charge on any atom is -0.385 e. The number of methoxy groups -OCH3 is 1. The van der Waals surface area contributed by atoms with Crippen LogP contribution in [0, 0.1) is 0 Å². The number of rotatable bonds is 12. The molecule has 1 N–H and O–H groups in total. The van der Waals surface area contributed by atoms with Crippen LogP contribution in [0.3, 0.4) is 0 Å². The zero-order valence-corrected chi connectivity index (χ0v) is 19.4. The van der Waals surface area contributed by atoms with E-state index >= 15 is 0 Å². The van der Waals surface area contributed by atoms with E-state index in [-0.39, 0.29) is 11.8 Å². The summed E-state index contributed by atoms with van der Waals surface area (Å²) >= 11 is 1.46. The van der Waals surface area contributed by atoms with Crippen LogP contribution in [0.4, 0.5) is 0 Å². The highest BCUT2D eigenvalue weighted by molar-refractivity contribution is 7.09. The first kappa shape index (κ1) is 23.7. The molecule has 2 amide bonds. The average molecular weight is 455 g/mol. The third-order valence-electron chi connectivity index (χ3n) is 4.98. The van der Waals surface area contributed by atoms with Crippen molar-refractivity contribution < 1.29 is 14.3 Å². The minimum absolute atomic E-state index is 0.0295. The maximum atomic E-state index is 13.0. The molecule has 0 spiro atoms. The Morgan fingerprint density at radius 1 is 1.19 bits per heavy atom. The molecule has 0 fully saturated rings. The molecule has 3 aromatic rings. The van der Waals surface area contributed by atoms with E-state index in [1.807, 2.05) is 53.6 Å². The number of carbonyl (C=O) groups is 2. The fraction of sp³-hybridized carbons (Fsp3) is 0.375. The van der Waals surface area contributed by atoms with E-state index in [0.29, 0.717) is 44.0 Å². The van der Waals surface area contributed by atoms with Gasteiger partial charge in [-0.05, 0) is 37.1 Å². The number of aromatic nitrogens is 2. The second-order valence-electron chi connectivity index (χ2n) is 7.45. The van der Waals surface area contributed by atoms with Crippen molar-refractivity contribution in [1.29, 1.82) is 0 Å². The average Bonchev–Trinajstić information content (AvgIpc) is 3.46. The molecule has 32 heavy (non-hydrogen) atoms. The monoisotopic (exact) mass is 454 g/mol. The summed E-state index contributed by atoms with van der Waals surface area (Å²) in [7, 11) is 1.64. The molecule has 1 aromatic carbocycles. The largest absolute Gasteiger partial charge is 0.385 e. The van der Waals surface area contributed by atoms with Gasteiger partial charge in [-0.15, -0.1) is 11.3 Å². The molecular weight excluding hydrogens is 424 g/mol. The number of ether oxygens (including phenoxy) is 1. The topological polar surface area (TPSA) is 76.5 Å². The molecule has 170 valence electrons. The van der Waals surface area contributed by atoms with Crippen molar-refractivity contribution in [2.75, 3.05) is 26.8 Å². The molecule has 0 saturated heterocycles. The van der Waals surface area contributed by atoms with Gasteiger partial charge in [0.05, 0.1) is 13.1 Å². The maximum Gasteiger partial charge on any atom is 0.270 e. The van der Waals surface area contributed by atoms with Gasteiger partial charge >= 0.3 is 0 Å². The van der Waals surface area contributed by atoms with Crippen LogP contribution in [0.15, 0.2) is 54.0 Å². The van der Waals surface area contributed by atoms with E-state index in [1.54, 1.807) is 12.5 Å². The van der Waals surface area contributed by atoms with Gasteiger partial charge in [-0.2, -0.15) is 0 Å². The fourth-order valence-corrected chi connectivity index (χ4v) is 4.14. The lowest BCUT2D eigenvalue weighted by Gasteiger charge is -2.23. The van der Waals surface area contributed by atoms with E-state index in [9.17, 15) is 9.59 Å². The van der Waals surface area contributed by atoms with Crippen molar-refractivity contribution in [2.45, 2.75) is 32.9 Å².